The molecule has 18 heteroatoms. The molecule has 1 unspecified atom stereocenters. The lowest BCUT2D eigenvalue weighted by Crippen LogP contribution is -2.53. The van der Waals surface area contributed by atoms with Gasteiger partial charge in [-0.05, 0) is 43.2 Å². The highest BCUT2D eigenvalue weighted by atomic mass is 19.4. The van der Waals surface area contributed by atoms with Gasteiger partial charge in [0.2, 0.25) is 5.88 Å². The molecule has 0 aliphatic carbocycles. The maximum Gasteiger partial charge on any atom is 0.430 e. The van der Waals surface area contributed by atoms with Gasteiger partial charge in [0.1, 0.15) is 17.0 Å². The Bertz CT molecular complexity index is 1610. The smallest absolute Gasteiger partial charge is 0.430 e. The minimum absolute atomic E-state index is 0.00969. The summed E-state index contributed by atoms with van der Waals surface area (Å²) in [5, 5.41) is 12.3. The summed E-state index contributed by atoms with van der Waals surface area (Å²) < 4.78 is 128. The fourth-order valence-electron chi connectivity index (χ4n) is 4.71. The van der Waals surface area contributed by atoms with Crippen LogP contribution in [-0.4, -0.2) is 57.0 Å². The predicted molar refractivity (Wildman–Crippen MR) is 143 cm³/mol. The number of ether oxygens (including phenoxy) is 2. The molecular formula is C29H25F9N4O5. The van der Waals surface area contributed by atoms with E-state index in [1.807, 2.05) is 0 Å². The van der Waals surface area contributed by atoms with Gasteiger partial charge < -0.3 is 19.9 Å². The Kier molecular flexibility index (Phi) is 9.40. The van der Waals surface area contributed by atoms with Crippen LogP contribution in [0.5, 0.6) is 17.4 Å². The number of halogens is 9. The highest BCUT2D eigenvalue weighted by Gasteiger charge is 2.71. The molecule has 254 valence electrons. The average molecular weight is 681 g/mol. The van der Waals surface area contributed by atoms with E-state index in [9.17, 15) is 54.2 Å². The molecule has 1 aromatic carbocycles. The number of benzene rings is 1. The number of carbonyl (C=O) groups is 2. The second-order valence-electron chi connectivity index (χ2n) is 10.6. The topological polar surface area (TPSA) is 114 Å². The lowest BCUT2D eigenvalue weighted by molar-refractivity contribution is -0.376. The van der Waals surface area contributed by atoms with Gasteiger partial charge in [0, 0.05) is 35.7 Å². The fourth-order valence-corrected chi connectivity index (χ4v) is 4.71. The van der Waals surface area contributed by atoms with Gasteiger partial charge in [0.15, 0.2) is 6.61 Å². The number of hydrogen-bond acceptors (Lipinski definition) is 7. The number of rotatable bonds is 10. The maximum absolute atomic E-state index is 13.4. The van der Waals surface area contributed by atoms with Crippen LogP contribution < -0.4 is 14.8 Å². The Morgan fingerprint density at radius 1 is 0.936 bits per heavy atom. The number of pyridine rings is 2. The van der Waals surface area contributed by atoms with Gasteiger partial charge in [0.05, 0.1) is 12.2 Å². The van der Waals surface area contributed by atoms with Crippen LogP contribution in [0.4, 0.5) is 44.3 Å². The van der Waals surface area contributed by atoms with Gasteiger partial charge in [0.25, 0.3) is 11.5 Å². The number of alkyl halides is 9. The summed E-state index contributed by atoms with van der Waals surface area (Å²) in [7, 11) is 0. The highest BCUT2D eigenvalue weighted by Crippen LogP contribution is 2.50. The number of aromatic nitrogens is 2. The largest absolute Gasteiger partial charge is 0.468 e. The summed E-state index contributed by atoms with van der Waals surface area (Å²) in [5.41, 5.74) is -8.06. The van der Waals surface area contributed by atoms with Gasteiger partial charge in [-0.1, -0.05) is 19.4 Å². The van der Waals surface area contributed by atoms with Crippen LogP contribution in [0.3, 0.4) is 0 Å². The Labute approximate surface area is 260 Å². The summed E-state index contributed by atoms with van der Waals surface area (Å²) in [6.07, 6.45) is -14.2. The Hall–Kier alpha value is -4.61. The number of carbonyl (C=O) groups excluding carboxylic acids is 2. The maximum atomic E-state index is 13.4. The molecule has 3 heterocycles. The van der Waals surface area contributed by atoms with E-state index in [4.69, 9.17) is 4.74 Å². The first-order valence-electron chi connectivity index (χ1n) is 13.6. The van der Waals surface area contributed by atoms with Crippen LogP contribution in [0.25, 0.3) is 0 Å². The summed E-state index contributed by atoms with van der Waals surface area (Å²) in [4.78, 5) is 34.8. The lowest BCUT2D eigenvalue weighted by Gasteiger charge is -2.33. The number of imide groups is 1. The molecule has 3 amide bonds. The first-order valence-corrected chi connectivity index (χ1v) is 13.6. The SMILES string of the molecule is CCCc1cc(C(O)(C(F)(F)F)C(F)(F)F)ccc1Oc1ccnc(CN2C(=O)NC(C)(c3ccc(OCC(F)(F)F)nc3)C2=O)c1. The molecule has 0 radical (unpaired) electrons. The standard InChI is InChI=1S/C29H25F9N4O5/c1-3-4-16-11-17(27(45,28(33,34)35)29(36,37)38)5-7-21(16)47-20-9-10-39-19(12-20)14-42-23(43)25(2,41-24(42)44)18-6-8-22(40-13-18)46-15-26(30,31)32/h5-13,45H,3-4,14-15H2,1-2H3,(H,41,44). The fraction of sp³-hybridized carbons (Fsp3) is 0.379. The second kappa shape index (κ2) is 12.5. The van der Waals surface area contributed by atoms with E-state index < -0.39 is 60.3 Å². The van der Waals surface area contributed by atoms with Gasteiger partial charge in [-0.15, -0.1) is 0 Å². The van der Waals surface area contributed by atoms with Crippen LogP contribution in [0, 0.1) is 0 Å². The third-order valence-electron chi connectivity index (χ3n) is 7.13. The first-order chi connectivity index (χ1) is 21.7. The van der Waals surface area contributed by atoms with E-state index in [2.05, 4.69) is 20.0 Å². The predicted octanol–water partition coefficient (Wildman–Crippen LogP) is 6.44. The number of aliphatic hydroxyl groups is 1. The van der Waals surface area contributed by atoms with Crippen molar-refractivity contribution < 1.29 is 63.7 Å². The third-order valence-corrected chi connectivity index (χ3v) is 7.13. The van der Waals surface area contributed by atoms with Crippen LogP contribution in [0.15, 0.2) is 54.9 Å². The monoisotopic (exact) mass is 680 g/mol. The minimum atomic E-state index is -6.07. The second-order valence-corrected chi connectivity index (χ2v) is 10.6. The average Bonchev–Trinajstić information content (AvgIpc) is 3.19. The Balaban J connectivity index is 1.54. The molecule has 4 rings (SSSR count). The van der Waals surface area contributed by atoms with Crippen molar-refractivity contribution in [1.29, 1.82) is 0 Å². The number of nitrogens with one attached hydrogen (secondary N) is 1. The van der Waals surface area contributed by atoms with Crippen molar-refractivity contribution in [2.24, 2.45) is 0 Å². The zero-order valence-corrected chi connectivity index (χ0v) is 24.3. The molecule has 0 saturated carbocycles. The van der Waals surface area contributed by atoms with Crippen molar-refractivity contribution in [3.63, 3.8) is 0 Å². The molecule has 2 aromatic heterocycles. The molecule has 47 heavy (non-hydrogen) atoms. The van der Waals surface area contributed by atoms with E-state index in [0.717, 1.165) is 23.2 Å². The van der Waals surface area contributed by atoms with Crippen molar-refractivity contribution in [3.05, 3.63) is 77.2 Å². The van der Waals surface area contributed by atoms with Gasteiger partial charge in [-0.25, -0.2) is 9.78 Å². The summed E-state index contributed by atoms with van der Waals surface area (Å²) in [6.45, 7) is 0.993. The molecule has 1 atom stereocenters. The van der Waals surface area contributed by atoms with Crippen LogP contribution >= 0.6 is 0 Å². The summed E-state index contributed by atoms with van der Waals surface area (Å²) >= 11 is 0. The molecule has 1 aliphatic heterocycles. The minimum Gasteiger partial charge on any atom is -0.468 e. The lowest BCUT2D eigenvalue weighted by atomic mass is 9.90. The molecule has 2 N–H and O–H groups in total. The Morgan fingerprint density at radius 3 is 2.19 bits per heavy atom. The van der Waals surface area contributed by atoms with Crippen LogP contribution in [-0.2, 0) is 28.9 Å². The number of hydrogen-bond donors (Lipinski definition) is 2. The number of amides is 3. The third kappa shape index (κ3) is 7.21. The molecule has 1 saturated heterocycles. The number of aryl methyl sites for hydroxylation is 1. The molecule has 9 nitrogen and oxygen atoms in total. The van der Waals surface area contributed by atoms with Crippen molar-refractivity contribution in [1.82, 2.24) is 20.2 Å². The van der Waals surface area contributed by atoms with Gasteiger partial charge in [-0.3, -0.25) is 14.7 Å². The van der Waals surface area contributed by atoms with Crippen LogP contribution in [0.2, 0.25) is 0 Å². The summed E-state index contributed by atoms with van der Waals surface area (Å²) in [5.74, 6) is -1.23. The molecule has 3 aromatic rings. The van der Waals surface area contributed by atoms with E-state index in [0.29, 0.717) is 18.6 Å². The van der Waals surface area contributed by atoms with Crippen molar-refractivity contribution in [2.75, 3.05) is 6.61 Å². The zero-order valence-electron chi connectivity index (χ0n) is 24.3. The molecule has 0 spiro atoms. The van der Waals surface area contributed by atoms with Crippen molar-refractivity contribution in [2.45, 2.75) is 62.9 Å². The molecular weight excluding hydrogens is 655 g/mol. The van der Waals surface area contributed by atoms with Gasteiger partial charge in [-0.2, -0.15) is 39.5 Å². The van der Waals surface area contributed by atoms with Crippen molar-refractivity contribution >= 4 is 11.9 Å². The normalized spacial score (nSPS) is 17.6. The number of nitrogens with zero attached hydrogens (tertiary/aromatic N) is 3. The molecule has 0 bridgehead atoms. The first kappa shape index (κ1) is 35.2. The molecule has 1 fully saturated rings. The zero-order chi connectivity index (χ0) is 35.0. The molecule has 1 aliphatic rings. The number of urea groups is 1. The quantitative estimate of drug-likeness (QED) is 0.187. The Morgan fingerprint density at radius 2 is 1.62 bits per heavy atom. The van der Waals surface area contributed by atoms with E-state index in [1.165, 1.54) is 31.3 Å². The summed E-state index contributed by atoms with van der Waals surface area (Å²) in [6, 6.07) is 6.01. The van der Waals surface area contributed by atoms with Crippen LogP contribution in [0.1, 0.15) is 42.7 Å². The van der Waals surface area contributed by atoms with E-state index in [1.54, 1.807) is 6.92 Å². The van der Waals surface area contributed by atoms with Gasteiger partial charge >= 0.3 is 24.6 Å². The van der Waals surface area contributed by atoms with Crippen molar-refractivity contribution in [3.8, 4) is 17.4 Å². The highest BCUT2D eigenvalue weighted by molar-refractivity contribution is 6.07. The van der Waals surface area contributed by atoms with E-state index >= 15 is 0 Å². The van der Waals surface area contributed by atoms with E-state index in [-0.39, 0.29) is 40.6 Å².